The summed E-state index contributed by atoms with van der Waals surface area (Å²) in [4.78, 5) is 103. The lowest BCUT2D eigenvalue weighted by molar-refractivity contribution is -0.174. The van der Waals surface area contributed by atoms with Crippen LogP contribution in [0.25, 0.3) is 11.2 Å². The van der Waals surface area contributed by atoms with Gasteiger partial charge in [0.05, 0.1) is 37.7 Å². The minimum atomic E-state index is -5.61. The number of carbonyl (C=O) groups is 4. The Kier molecular flexibility index (Phi) is 20.3. The van der Waals surface area contributed by atoms with Crippen molar-refractivity contribution in [3.05, 3.63) is 12.7 Å². The number of nitrogens with zero attached hydrogens (tertiary/aromatic N) is 4. The zero-order valence-electron chi connectivity index (χ0n) is 45.1. The molecule has 5 unspecified atom stereocenters. The van der Waals surface area contributed by atoms with E-state index in [2.05, 4.69) is 55.2 Å². The highest BCUT2D eigenvalue weighted by Crippen LogP contribution is 2.68. The average molecular weight is 1200 g/mol. The molecule has 31 heteroatoms. The third-order valence-corrected chi connectivity index (χ3v) is 22.0. The van der Waals surface area contributed by atoms with Crippen LogP contribution in [0.3, 0.4) is 0 Å². The van der Waals surface area contributed by atoms with Crippen molar-refractivity contribution < 1.29 is 95.5 Å². The molecule has 0 aromatic carbocycles. The average Bonchev–Trinajstić information content (AvgIpc) is 4.03. The summed E-state index contributed by atoms with van der Waals surface area (Å²) in [5.74, 6) is -0.152. The molecular formula is C48H78N7O20P3S. The summed E-state index contributed by atoms with van der Waals surface area (Å²) in [6, 6.07) is 0. The van der Waals surface area contributed by atoms with Crippen LogP contribution in [-0.2, 0) is 55.5 Å². The van der Waals surface area contributed by atoms with Crippen molar-refractivity contribution in [3.8, 4) is 0 Å². The number of carbonyl (C=O) groups excluding carboxylic acids is 4. The van der Waals surface area contributed by atoms with Gasteiger partial charge in [-0.15, -0.1) is 0 Å². The number of thioether (sulfide) groups is 1. The Hall–Kier alpha value is -2.85. The van der Waals surface area contributed by atoms with Crippen molar-refractivity contribution in [2.24, 2.45) is 57.7 Å². The van der Waals surface area contributed by atoms with Gasteiger partial charge in [-0.3, -0.25) is 37.3 Å². The lowest BCUT2D eigenvalue weighted by Crippen LogP contribution is -2.58. The number of aliphatic hydroxyl groups is 4. The van der Waals surface area contributed by atoms with E-state index in [1.807, 2.05) is 0 Å². The Morgan fingerprint density at radius 2 is 1.59 bits per heavy atom. The standard InChI is InChI=1S/C48H78N7O20P3S/c1-25(29-8-9-30-36-31(12-15-48(29,30)6)47(5)14-11-28(56)19-27(47)20-33(36)58)7-10-32(57)26(2)45(63)79-18-17-50-35(59)13-16-51-43(62)40(61)46(3,4)22-72-78(69,70)75-77(67,68)71-21-34-39(74-76(64,65)66)38(60)44(73-34)55-24-54-37-41(49)52-23-53-42(37)55/h23-31,33-34,36,38-40,44,56,58,60-61H,7-22H2,1-6H3,(H,50,59)(H,51,62)(H,67,68)(H,69,70)(H2,49,52,53)(H2,64,65,66)/t25-,26?,27+,28-,29-,30?,31+,33-,34-,36+,38-,39-,40?,44-,47+,48-/m1/s1. The molecule has 4 aliphatic carbocycles. The molecule has 1 saturated heterocycles. The van der Waals surface area contributed by atoms with Crippen LogP contribution in [0.5, 0.6) is 0 Å². The second kappa shape index (κ2) is 25.2. The molecule has 5 aliphatic rings. The molecule has 2 aromatic heterocycles. The molecule has 0 spiro atoms. The second-order valence-corrected chi connectivity index (χ2v) is 28.7. The zero-order chi connectivity index (χ0) is 58.2. The fourth-order valence-corrected chi connectivity index (χ4v) is 17.1. The van der Waals surface area contributed by atoms with Gasteiger partial charge in [-0.2, -0.15) is 4.31 Å². The highest BCUT2D eigenvalue weighted by Gasteiger charge is 2.63. The molecule has 79 heavy (non-hydrogen) atoms. The third-order valence-electron chi connectivity index (χ3n) is 17.8. The number of rotatable bonds is 25. The molecule has 27 nitrogen and oxygen atoms in total. The summed E-state index contributed by atoms with van der Waals surface area (Å²) in [6.07, 6.45) is 0.890. The van der Waals surface area contributed by atoms with E-state index in [1.165, 1.54) is 13.8 Å². The molecule has 0 bridgehead atoms. The van der Waals surface area contributed by atoms with E-state index in [-0.39, 0.29) is 94.4 Å². The van der Waals surface area contributed by atoms with Crippen LogP contribution in [0.4, 0.5) is 5.82 Å². The smallest absolute Gasteiger partial charge is 0.393 e. The van der Waals surface area contributed by atoms with Crippen LogP contribution >= 0.6 is 35.2 Å². The van der Waals surface area contributed by atoms with Crippen LogP contribution in [0.1, 0.15) is 118 Å². The predicted molar refractivity (Wildman–Crippen MR) is 282 cm³/mol. The normalized spacial score (nSPS) is 33.6. The summed E-state index contributed by atoms with van der Waals surface area (Å²) < 4.78 is 62.7. The van der Waals surface area contributed by atoms with Crippen LogP contribution in [-0.4, -0.2) is 151 Å². The molecule has 3 heterocycles. The number of hydrogen-bond acceptors (Lipinski definition) is 21. The minimum absolute atomic E-state index is 0.0217. The van der Waals surface area contributed by atoms with Gasteiger partial charge in [-0.05, 0) is 111 Å². The van der Waals surface area contributed by atoms with E-state index in [0.29, 0.717) is 30.1 Å². The van der Waals surface area contributed by atoms with Gasteiger partial charge in [0, 0.05) is 37.1 Å². The van der Waals surface area contributed by atoms with Crippen LogP contribution in [0, 0.1) is 57.7 Å². The van der Waals surface area contributed by atoms with Gasteiger partial charge in [0.1, 0.15) is 42.0 Å². The number of amides is 2. The Morgan fingerprint density at radius 3 is 2.30 bits per heavy atom. The third kappa shape index (κ3) is 14.7. The first kappa shape index (κ1) is 63.7. The van der Waals surface area contributed by atoms with Gasteiger partial charge in [-0.25, -0.2) is 28.6 Å². The number of imidazole rings is 1. The molecule has 5 fully saturated rings. The number of nitrogens with two attached hydrogens (primary N) is 1. The maximum absolute atomic E-state index is 13.3. The van der Waals surface area contributed by atoms with E-state index >= 15 is 0 Å². The Morgan fingerprint density at radius 1 is 0.911 bits per heavy atom. The van der Waals surface area contributed by atoms with Gasteiger partial charge >= 0.3 is 23.5 Å². The number of ether oxygens (including phenoxy) is 1. The van der Waals surface area contributed by atoms with Gasteiger partial charge < -0.3 is 61.1 Å². The Balaban J connectivity index is 0.774. The van der Waals surface area contributed by atoms with E-state index in [9.17, 15) is 72.9 Å². The maximum Gasteiger partial charge on any atom is 0.481 e. The highest BCUT2D eigenvalue weighted by atomic mass is 32.2. The molecule has 2 aromatic rings. The zero-order valence-corrected chi connectivity index (χ0v) is 48.6. The summed E-state index contributed by atoms with van der Waals surface area (Å²) >= 11 is 0.940. The quantitative estimate of drug-likeness (QED) is 0.0386. The van der Waals surface area contributed by atoms with Crippen molar-refractivity contribution in [3.63, 3.8) is 0 Å². The van der Waals surface area contributed by atoms with E-state index < -0.39 is 90.5 Å². The molecule has 7 rings (SSSR count). The first-order valence-corrected chi connectivity index (χ1v) is 32.2. The lowest BCUT2D eigenvalue weighted by Gasteiger charge is -2.62. The number of aliphatic hydroxyl groups excluding tert-OH is 4. The van der Waals surface area contributed by atoms with Crippen LogP contribution in [0.2, 0.25) is 0 Å². The topological polar surface area (TPSA) is 421 Å². The Labute approximate surface area is 462 Å². The number of nitrogen functional groups attached to an aromatic ring is 1. The maximum atomic E-state index is 13.3. The molecule has 0 radical (unpaired) electrons. The summed E-state index contributed by atoms with van der Waals surface area (Å²) in [5, 5.41) is 48.4. The Bertz CT molecular complexity index is 2690. The minimum Gasteiger partial charge on any atom is -0.393 e. The van der Waals surface area contributed by atoms with Gasteiger partial charge in [0.2, 0.25) is 11.8 Å². The highest BCUT2D eigenvalue weighted by molar-refractivity contribution is 8.13. The van der Waals surface area contributed by atoms with Gasteiger partial charge in [0.15, 0.2) is 22.8 Å². The predicted octanol–water partition coefficient (Wildman–Crippen LogP) is 3.28. The first-order chi connectivity index (χ1) is 36.8. The number of phosphoric acid groups is 3. The monoisotopic (exact) mass is 1200 g/mol. The fourth-order valence-electron chi connectivity index (χ4n) is 13.5. The molecular weight excluding hydrogens is 1120 g/mol. The molecule has 2 amide bonds. The number of fused-ring (bicyclic) bond motifs is 6. The number of nitrogens with one attached hydrogen (secondary N) is 2. The second-order valence-electron chi connectivity index (χ2n) is 23.4. The first-order valence-electron chi connectivity index (χ1n) is 26.7. The van der Waals surface area contributed by atoms with Crippen molar-refractivity contribution in [2.75, 3.05) is 37.8 Å². The SMILES string of the molecule is CC(C(=O)CC[C@@H](C)[C@H]1CCC2[C@@H]3[C@H](O)C[C@@H]4C[C@H](O)CC[C@]4(C)[C@H]3CC[C@@]21C)C(=O)SCCNC(=O)CCNC(=O)C(O)C(C)(C)COP(=O)(O)OP(=O)(O)OC[C@H]1O[C@@H](n2cnc3c(N)ncnc32)[C@H](O)[C@@H]1OP(=O)(O)O. The number of aromatic nitrogens is 4. The van der Waals surface area contributed by atoms with Gasteiger partial charge in [0.25, 0.3) is 0 Å². The van der Waals surface area contributed by atoms with Crippen molar-refractivity contribution >= 4 is 74.9 Å². The fraction of sp³-hybridized carbons (Fsp3) is 0.812. The molecule has 12 N–H and O–H groups in total. The van der Waals surface area contributed by atoms with Crippen molar-refractivity contribution in [2.45, 2.75) is 155 Å². The van der Waals surface area contributed by atoms with E-state index in [4.69, 9.17) is 19.5 Å². The van der Waals surface area contributed by atoms with Crippen molar-refractivity contribution in [1.82, 2.24) is 30.2 Å². The number of Topliss-reactive ketones (excluding diaryl/α,β-unsaturated/α-hetero) is 1. The summed E-state index contributed by atoms with van der Waals surface area (Å²) in [6.45, 7) is 8.89. The number of hydrogen-bond donors (Lipinski definition) is 11. The largest absolute Gasteiger partial charge is 0.481 e. The summed E-state index contributed by atoms with van der Waals surface area (Å²) in [7, 11) is -16.5. The van der Waals surface area contributed by atoms with E-state index in [1.54, 1.807) is 6.92 Å². The molecule has 4 saturated carbocycles. The number of ketones is 1. The van der Waals surface area contributed by atoms with Crippen molar-refractivity contribution in [1.29, 1.82) is 0 Å². The number of anilines is 1. The van der Waals surface area contributed by atoms with E-state index in [0.717, 1.165) is 80.4 Å². The van der Waals surface area contributed by atoms with Gasteiger partial charge in [-0.1, -0.05) is 46.4 Å². The lowest BCUT2D eigenvalue weighted by atomic mass is 9.43. The molecule has 1 aliphatic heterocycles. The number of phosphoric ester groups is 3. The summed E-state index contributed by atoms with van der Waals surface area (Å²) in [5.41, 5.74) is 4.45. The molecule has 18 atom stereocenters. The van der Waals surface area contributed by atoms with Crippen LogP contribution in [0.15, 0.2) is 12.7 Å². The van der Waals surface area contributed by atoms with Crippen LogP contribution < -0.4 is 16.4 Å². The molecule has 446 valence electrons.